The van der Waals surface area contributed by atoms with Gasteiger partial charge in [0.05, 0.1) is 6.54 Å². The number of benzene rings is 2. The maximum Gasteiger partial charge on any atom is 0.255 e. The second-order valence-electron chi connectivity index (χ2n) is 7.80. The highest BCUT2D eigenvalue weighted by atomic mass is 127. The van der Waals surface area contributed by atoms with E-state index in [-0.39, 0.29) is 30.6 Å². The number of guanidine groups is 1. The number of nitrogens with one attached hydrogen (secondary N) is 2. The van der Waals surface area contributed by atoms with Gasteiger partial charge < -0.3 is 21.1 Å². The Labute approximate surface area is 207 Å². The van der Waals surface area contributed by atoms with Crippen molar-refractivity contribution in [2.24, 2.45) is 10.7 Å². The summed E-state index contributed by atoms with van der Waals surface area (Å²) in [7, 11) is 0. The normalized spacial score (nSPS) is 16.7. The maximum atomic E-state index is 10.9. The molecule has 0 saturated carbocycles. The number of ether oxygens (including phenoxy) is 1. The summed E-state index contributed by atoms with van der Waals surface area (Å²) in [4.78, 5) is 18.2. The molecule has 1 aliphatic heterocycles. The van der Waals surface area contributed by atoms with Crippen molar-refractivity contribution in [1.82, 2.24) is 15.5 Å². The van der Waals surface area contributed by atoms with E-state index in [9.17, 15) is 4.79 Å². The van der Waals surface area contributed by atoms with Crippen molar-refractivity contribution in [2.75, 3.05) is 26.2 Å². The van der Waals surface area contributed by atoms with E-state index < -0.39 is 5.91 Å². The van der Waals surface area contributed by atoms with Crippen LogP contribution in [0.4, 0.5) is 0 Å². The molecule has 1 unspecified atom stereocenters. The number of hydrogen-bond acceptors (Lipinski definition) is 4. The van der Waals surface area contributed by atoms with Crippen LogP contribution in [0.5, 0.6) is 5.75 Å². The van der Waals surface area contributed by atoms with Crippen LogP contribution in [-0.4, -0.2) is 49.0 Å². The third-order valence-electron chi connectivity index (χ3n) is 5.14. The van der Waals surface area contributed by atoms with Crippen LogP contribution in [0.25, 0.3) is 0 Å². The number of amides is 1. The summed E-state index contributed by atoms with van der Waals surface area (Å²) in [5, 5.41) is 6.95. The van der Waals surface area contributed by atoms with Crippen molar-refractivity contribution >= 4 is 35.8 Å². The fourth-order valence-electron chi connectivity index (χ4n) is 3.73. The van der Waals surface area contributed by atoms with Gasteiger partial charge >= 0.3 is 0 Å². The Hall–Kier alpha value is -2.33. The van der Waals surface area contributed by atoms with E-state index in [0.29, 0.717) is 18.3 Å². The van der Waals surface area contributed by atoms with Crippen LogP contribution in [-0.2, 0) is 17.9 Å². The molecular formula is C24H34IN5O2. The summed E-state index contributed by atoms with van der Waals surface area (Å²) in [5.74, 6) is 0.946. The highest BCUT2D eigenvalue weighted by molar-refractivity contribution is 14.0. The van der Waals surface area contributed by atoms with Crippen molar-refractivity contribution in [2.45, 2.75) is 38.9 Å². The average molecular weight is 551 g/mol. The number of hydrogen-bond donors (Lipinski definition) is 3. The van der Waals surface area contributed by atoms with E-state index in [1.807, 2.05) is 24.3 Å². The van der Waals surface area contributed by atoms with Gasteiger partial charge in [0.2, 0.25) is 0 Å². The molecule has 2 aromatic rings. The van der Waals surface area contributed by atoms with Gasteiger partial charge in [0.15, 0.2) is 12.6 Å². The summed E-state index contributed by atoms with van der Waals surface area (Å²) in [6.45, 7) is 6.35. The molecule has 0 aliphatic carbocycles. The molecule has 1 heterocycles. The van der Waals surface area contributed by atoms with Crippen LogP contribution >= 0.6 is 24.0 Å². The van der Waals surface area contributed by atoms with Crippen molar-refractivity contribution in [3.05, 3.63) is 65.7 Å². The number of nitrogens with two attached hydrogens (primary N) is 1. The molecule has 1 amide bonds. The molecule has 0 bridgehead atoms. The number of rotatable bonds is 9. The number of carbonyl (C=O) groups is 1. The first-order valence-electron chi connectivity index (χ1n) is 10.9. The standard InChI is InChI=1S/C24H33N5O2.HI/c1-2-26-24(27-15-20-10-6-12-22(14-20)31-18-23(25)30)28-21-11-7-13-29(17-21)16-19-8-4-3-5-9-19;/h3-6,8-10,12,14,21H,2,7,11,13,15-18H2,1H3,(H2,25,30)(H2,26,27,28);1H. The van der Waals surface area contributed by atoms with Gasteiger partial charge in [-0.2, -0.15) is 0 Å². The van der Waals surface area contributed by atoms with Crippen LogP contribution in [0.2, 0.25) is 0 Å². The Kier molecular flexibility index (Phi) is 11.3. The monoisotopic (exact) mass is 551 g/mol. The summed E-state index contributed by atoms with van der Waals surface area (Å²) < 4.78 is 5.38. The predicted octanol–water partition coefficient (Wildman–Crippen LogP) is 2.89. The van der Waals surface area contributed by atoms with Gasteiger partial charge in [-0.05, 0) is 49.6 Å². The van der Waals surface area contributed by atoms with E-state index in [1.165, 1.54) is 12.0 Å². The predicted molar refractivity (Wildman–Crippen MR) is 139 cm³/mol. The topological polar surface area (TPSA) is 92.0 Å². The Balaban J connectivity index is 0.00000363. The van der Waals surface area contributed by atoms with Gasteiger partial charge in [-0.1, -0.05) is 42.5 Å². The van der Waals surface area contributed by atoms with Gasteiger partial charge in [-0.3, -0.25) is 9.69 Å². The zero-order chi connectivity index (χ0) is 21.9. The maximum absolute atomic E-state index is 10.9. The van der Waals surface area contributed by atoms with Crippen LogP contribution in [0.15, 0.2) is 59.6 Å². The molecule has 3 rings (SSSR count). The second-order valence-corrected chi connectivity index (χ2v) is 7.80. The second kappa shape index (κ2) is 13.9. The average Bonchev–Trinajstić information content (AvgIpc) is 2.77. The van der Waals surface area contributed by atoms with Crippen LogP contribution < -0.4 is 21.1 Å². The SMILES string of the molecule is CCNC(=NCc1cccc(OCC(N)=O)c1)NC1CCCN(Cc2ccccc2)C1.I. The lowest BCUT2D eigenvalue weighted by Gasteiger charge is -2.34. The first kappa shape index (κ1) is 25.9. The number of carbonyl (C=O) groups excluding carboxylic acids is 1. The Morgan fingerprint density at radius 1 is 1.19 bits per heavy atom. The van der Waals surface area contributed by atoms with Crippen molar-refractivity contribution in [1.29, 1.82) is 0 Å². The third-order valence-corrected chi connectivity index (χ3v) is 5.14. The highest BCUT2D eigenvalue weighted by Gasteiger charge is 2.20. The quantitative estimate of drug-likeness (QED) is 0.253. The highest BCUT2D eigenvalue weighted by Crippen LogP contribution is 2.15. The first-order chi connectivity index (χ1) is 15.1. The number of likely N-dealkylation sites (tertiary alicyclic amines) is 1. The fraction of sp³-hybridized carbons (Fsp3) is 0.417. The minimum atomic E-state index is -0.490. The summed E-state index contributed by atoms with van der Waals surface area (Å²) in [6, 6.07) is 18.6. The third kappa shape index (κ3) is 9.04. The molecular weight excluding hydrogens is 517 g/mol. The van der Waals surface area contributed by atoms with Gasteiger partial charge in [0.1, 0.15) is 5.75 Å². The Bertz CT molecular complexity index is 862. The van der Waals surface area contributed by atoms with Crippen LogP contribution in [0.1, 0.15) is 30.9 Å². The lowest BCUT2D eigenvalue weighted by Crippen LogP contribution is -2.50. The molecule has 2 aromatic carbocycles. The fourth-order valence-corrected chi connectivity index (χ4v) is 3.73. The molecule has 0 spiro atoms. The van der Waals surface area contributed by atoms with Crippen molar-refractivity contribution in [3.63, 3.8) is 0 Å². The molecule has 8 heteroatoms. The van der Waals surface area contributed by atoms with Crippen molar-refractivity contribution < 1.29 is 9.53 Å². The molecule has 174 valence electrons. The van der Waals surface area contributed by atoms with E-state index in [0.717, 1.165) is 44.1 Å². The van der Waals surface area contributed by atoms with E-state index >= 15 is 0 Å². The molecule has 0 radical (unpaired) electrons. The molecule has 7 nitrogen and oxygen atoms in total. The number of aliphatic imine (C=N–C) groups is 1. The van der Waals surface area contributed by atoms with E-state index in [2.05, 4.69) is 52.8 Å². The number of nitrogens with zero attached hydrogens (tertiary/aromatic N) is 2. The molecule has 4 N–H and O–H groups in total. The van der Waals surface area contributed by atoms with E-state index in [1.54, 1.807) is 0 Å². The minimum Gasteiger partial charge on any atom is -0.484 e. The van der Waals surface area contributed by atoms with E-state index in [4.69, 9.17) is 15.5 Å². The van der Waals surface area contributed by atoms with Gasteiger partial charge in [0.25, 0.3) is 5.91 Å². The van der Waals surface area contributed by atoms with Crippen LogP contribution in [0.3, 0.4) is 0 Å². The Morgan fingerprint density at radius 2 is 1.97 bits per heavy atom. The smallest absolute Gasteiger partial charge is 0.255 e. The zero-order valence-corrected chi connectivity index (χ0v) is 21.0. The molecule has 0 aromatic heterocycles. The first-order valence-corrected chi connectivity index (χ1v) is 10.9. The van der Waals surface area contributed by atoms with Crippen LogP contribution in [0, 0.1) is 0 Å². The van der Waals surface area contributed by atoms with Crippen molar-refractivity contribution in [3.8, 4) is 5.75 Å². The lowest BCUT2D eigenvalue weighted by molar-refractivity contribution is -0.119. The minimum absolute atomic E-state index is 0. The number of halogens is 1. The Morgan fingerprint density at radius 3 is 2.72 bits per heavy atom. The van der Waals surface area contributed by atoms with Gasteiger partial charge in [-0.25, -0.2) is 4.99 Å². The summed E-state index contributed by atoms with van der Waals surface area (Å²) in [6.07, 6.45) is 2.30. The summed E-state index contributed by atoms with van der Waals surface area (Å²) >= 11 is 0. The molecule has 32 heavy (non-hydrogen) atoms. The molecule has 1 saturated heterocycles. The largest absolute Gasteiger partial charge is 0.484 e. The molecule has 1 fully saturated rings. The lowest BCUT2D eigenvalue weighted by atomic mass is 10.0. The number of piperidine rings is 1. The number of primary amides is 1. The summed E-state index contributed by atoms with van der Waals surface area (Å²) in [5.41, 5.74) is 7.50. The zero-order valence-electron chi connectivity index (χ0n) is 18.6. The molecule has 1 aliphatic rings. The van der Waals surface area contributed by atoms with Gasteiger partial charge in [0, 0.05) is 25.7 Å². The van der Waals surface area contributed by atoms with Gasteiger partial charge in [-0.15, -0.1) is 24.0 Å². The molecule has 1 atom stereocenters.